The summed E-state index contributed by atoms with van der Waals surface area (Å²) in [5, 5.41) is 0. The van der Waals surface area contributed by atoms with E-state index in [0.717, 1.165) is 21.9 Å². The van der Waals surface area contributed by atoms with Gasteiger partial charge in [0.1, 0.15) is 5.82 Å². The highest BCUT2D eigenvalue weighted by Crippen LogP contribution is 2.29. The highest BCUT2D eigenvalue weighted by atomic mass is 79.9. The van der Waals surface area contributed by atoms with Crippen LogP contribution in [-0.2, 0) is 5.75 Å². The minimum atomic E-state index is -0.233. The van der Waals surface area contributed by atoms with Gasteiger partial charge in [-0.2, -0.15) is 0 Å². The number of thioether (sulfide) groups is 1. The first kappa shape index (κ1) is 13.4. The molecular formula is C14H13BrFNS. The summed E-state index contributed by atoms with van der Waals surface area (Å²) in [5.41, 5.74) is 8.82. The maximum atomic E-state index is 13.1. The van der Waals surface area contributed by atoms with Gasteiger partial charge in [0.05, 0.1) is 4.47 Å². The Morgan fingerprint density at radius 2 is 2.00 bits per heavy atom. The van der Waals surface area contributed by atoms with Crippen LogP contribution in [0.1, 0.15) is 11.1 Å². The molecule has 4 heteroatoms. The van der Waals surface area contributed by atoms with Crippen molar-refractivity contribution in [3.63, 3.8) is 0 Å². The van der Waals surface area contributed by atoms with E-state index in [1.165, 1.54) is 11.6 Å². The number of benzene rings is 2. The molecule has 94 valence electrons. The van der Waals surface area contributed by atoms with E-state index in [0.29, 0.717) is 4.47 Å². The largest absolute Gasteiger partial charge is 0.399 e. The summed E-state index contributed by atoms with van der Waals surface area (Å²) in [6.07, 6.45) is 0. The predicted molar refractivity (Wildman–Crippen MR) is 79.3 cm³/mol. The third-order valence-corrected chi connectivity index (χ3v) is 4.43. The van der Waals surface area contributed by atoms with E-state index in [1.54, 1.807) is 17.8 Å². The summed E-state index contributed by atoms with van der Waals surface area (Å²) in [5.74, 6) is 0.562. The molecular weight excluding hydrogens is 313 g/mol. The predicted octanol–water partition coefficient (Wildman–Crippen LogP) is 4.77. The molecule has 2 rings (SSSR count). The highest BCUT2D eigenvalue weighted by molar-refractivity contribution is 9.10. The molecule has 0 saturated heterocycles. The van der Waals surface area contributed by atoms with Crippen molar-refractivity contribution < 1.29 is 4.39 Å². The molecule has 2 aromatic carbocycles. The monoisotopic (exact) mass is 325 g/mol. The van der Waals surface area contributed by atoms with Crippen molar-refractivity contribution in [3.05, 3.63) is 57.8 Å². The molecule has 0 radical (unpaired) electrons. The van der Waals surface area contributed by atoms with Crippen molar-refractivity contribution in [2.75, 3.05) is 5.73 Å². The van der Waals surface area contributed by atoms with Crippen LogP contribution >= 0.6 is 27.7 Å². The number of rotatable bonds is 3. The quantitative estimate of drug-likeness (QED) is 0.649. The number of anilines is 1. The molecule has 0 bridgehead atoms. The summed E-state index contributed by atoms with van der Waals surface area (Å²) in [7, 11) is 0. The van der Waals surface area contributed by atoms with Crippen LogP contribution in [0.15, 0.2) is 45.8 Å². The van der Waals surface area contributed by atoms with Crippen LogP contribution in [0.4, 0.5) is 10.1 Å². The van der Waals surface area contributed by atoms with Crippen LogP contribution < -0.4 is 5.73 Å². The minimum Gasteiger partial charge on any atom is -0.399 e. The molecule has 0 fully saturated rings. The number of nitrogens with two attached hydrogens (primary N) is 1. The lowest BCUT2D eigenvalue weighted by Crippen LogP contribution is -1.88. The summed E-state index contributed by atoms with van der Waals surface area (Å²) < 4.78 is 13.6. The summed E-state index contributed by atoms with van der Waals surface area (Å²) in [6.45, 7) is 2.06. The van der Waals surface area contributed by atoms with E-state index in [9.17, 15) is 4.39 Å². The molecule has 1 nitrogen and oxygen atoms in total. The molecule has 2 N–H and O–H groups in total. The van der Waals surface area contributed by atoms with Crippen molar-refractivity contribution >= 4 is 33.4 Å². The molecule has 0 aliphatic carbocycles. The van der Waals surface area contributed by atoms with Gasteiger partial charge >= 0.3 is 0 Å². The number of hydrogen-bond donors (Lipinski definition) is 1. The van der Waals surface area contributed by atoms with E-state index in [1.807, 2.05) is 24.3 Å². The van der Waals surface area contributed by atoms with Crippen molar-refractivity contribution in [3.8, 4) is 0 Å². The molecule has 0 unspecified atom stereocenters. The van der Waals surface area contributed by atoms with Gasteiger partial charge in [0.15, 0.2) is 0 Å². The second kappa shape index (κ2) is 5.76. The Kier molecular flexibility index (Phi) is 4.30. The lowest BCUT2D eigenvalue weighted by atomic mass is 10.2. The standard InChI is InChI=1S/C14H13BrFNS/c1-9-2-4-11(17)7-14(9)18-8-10-3-5-13(16)12(15)6-10/h2-7H,8,17H2,1H3. The van der Waals surface area contributed by atoms with Gasteiger partial charge in [-0.3, -0.25) is 0 Å². The van der Waals surface area contributed by atoms with Crippen LogP contribution in [0, 0.1) is 12.7 Å². The van der Waals surface area contributed by atoms with E-state index < -0.39 is 0 Å². The maximum Gasteiger partial charge on any atom is 0.137 e. The topological polar surface area (TPSA) is 26.0 Å². The lowest BCUT2D eigenvalue weighted by molar-refractivity contribution is 0.620. The van der Waals surface area contributed by atoms with Crippen molar-refractivity contribution in [2.45, 2.75) is 17.6 Å². The van der Waals surface area contributed by atoms with Crippen LogP contribution in [0.25, 0.3) is 0 Å². The Bertz CT molecular complexity index is 572. The number of aryl methyl sites for hydroxylation is 1. The first-order valence-corrected chi connectivity index (χ1v) is 7.27. The van der Waals surface area contributed by atoms with Gasteiger partial charge in [0.2, 0.25) is 0 Å². The van der Waals surface area contributed by atoms with Gasteiger partial charge in [-0.05, 0) is 58.2 Å². The maximum absolute atomic E-state index is 13.1. The van der Waals surface area contributed by atoms with Gasteiger partial charge in [0, 0.05) is 16.3 Å². The number of halogens is 2. The van der Waals surface area contributed by atoms with Crippen LogP contribution in [-0.4, -0.2) is 0 Å². The van der Waals surface area contributed by atoms with Gasteiger partial charge < -0.3 is 5.73 Å². The number of hydrogen-bond acceptors (Lipinski definition) is 2. The molecule has 0 amide bonds. The van der Waals surface area contributed by atoms with E-state index in [4.69, 9.17) is 5.73 Å². The zero-order chi connectivity index (χ0) is 13.1. The molecule has 0 heterocycles. The molecule has 18 heavy (non-hydrogen) atoms. The Hall–Kier alpha value is -1.00. The molecule has 2 aromatic rings. The Morgan fingerprint density at radius 3 is 2.72 bits per heavy atom. The van der Waals surface area contributed by atoms with E-state index >= 15 is 0 Å². The lowest BCUT2D eigenvalue weighted by Gasteiger charge is -2.07. The zero-order valence-corrected chi connectivity index (χ0v) is 12.3. The normalized spacial score (nSPS) is 10.6. The smallest absolute Gasteiger partial charge is 0.137 e. The van der Waals surface area contributed by atoms with E-state index in [2.05, 4.69) is 22.9 Å². The Morgan fingerprint density at radius 1 is 1.22 bits per heavy atom. The average Bonchev–Trinajstić information content (AvgIpc) is 2.34. The Balaban J connectivity index is 2.11. The fourth-order valence-corrected chi connectivity index (χ4v) is 3.01. The second-order valence-electron chi connectivity index (χ2n) is 4.06. The summed E-state index contributed by atoms with van der Waals surface area (Å²) in [4.78, 5) is 1.16. The van der Waals surface area contributed by atoms with Crippen molar-refractivity contribution in [2.24, 2.45) is 0 Å². The SMILES string of the molecule is Cc1ccc(N)cc1SCc1ccc(F)c(Br)c1. The van der Waals surface area contributed by atoms with Gasteiger partial charge in [-0.15, -0.1) is 11.8 Å². The molecule has 0 aromatic heterocycles. The number of nitrogen functional groups attached to an aromatic ring is 1. The fourth-order valence-electron chi connectivity index (χ4n) is 1.56. The van der Waals surface area contributed by atoms with Gasteiger partial charge in [-0.1, -0.05) is 12.1 Å². The summed E-state index contributed by atoms with van der Waals surface area (Å²) in [6, 6.07) is 11.0. The van der Waals surface area contributed by atoms with Gasteiger partial charge in [-0.25, -0.2) is 4.39 Å². The third kappa shape index (κ3) is 3.27. The van der Waals surface area contributed by atoms with Crippen LogP contribution in [0.3, 0.4) is 0 Å². The highest BCUT2D eigenvalue weighted by Gasteiger charge is 2.03. The summed E-state index contributed by atoms with van der Waals surface area (Å²) >= 11 is 4.90. The molecule has 0 spiro atoms. The molecule has 0 aliphatic rings. The van der Waals surface area contributed by atoms with Crippen molar-refractivity contribution in [1.82, 2.24) is 0 Å². The zero-order valence-electron chi connectivity index (χ0n) is 9.91. The van der Waals surface area contributed by atoms with Crippen LogP contribution in [0.5, 0.6) is 0 Å². The van der Waals surface area contributed by atoms with E-state index in [-0.39, 0.29) is 5.82 Å². The molecule has 0 atom stereocenters. The minimum absolute atomic E-state index is 0.233. The van der Waals surface area contributed by atoms with Crippen molar-refractivity contribution in [1.29, 1.82) is 0 Å². The first-order chi connectivity index (χ1) is 8.56. The molecule has 0 aliphatic heterocycles. The molecule has 0 saturated carbocycles. The Labute approximate surface area is 119 Å². The van der Waals surface area contributed by atoms with Gasteiger partial charge in [0.25, 0.3) is 0 Å². The second-order valence-corrected chi connectivity index (χ2v) is 5.93. The fraction of sp³-hybridized carbons (Fsp3) is 0.143. The third-order valence-electron chi connectivity index (χ3n) is 2.59. The van der Waals surface area contributed by atoms with Crippen LogP contribution in [0.2, 0.25) is 0 Å². The first-order valence-electron chi connectivity index (χ1n) is 5.49. The average molecular weight is 326 g/mol.